The molecule has 116 valence electrons. The van der Waals surface area contributed by atoms with E-state index < -0.39 is 29.2 Å². The molecule has 2 saturated heterocycles. The zero-order chi connectivity index (χ0) is 15.2. The average Bonchev–Trinajstić information content (AvgIpc) is 2.94. The molecule has 2 aliphatic rings. The zero-order valence-corrected chi connectivity index (χ0v) is 12.5. The van der Waals surface area contributed by atoms with Crippen molar-refractivity contribution in [2.75, 3.05) is 20.3 Å². The Bertz CT molecular complexity index is 658. The van der Waals surface area contributed by atoms with E-state index in [0.717, 1.165) is 0 Å². The van der Waals surface area contributed by atoms with Crippen LogP contribution in [0.3, 0.4) is 0 Å². The van der Waals surface area contributed by atoms with Gasteiger partial charge in [-0.05, 0) is 19.8 Å². The van der Waals surface area contributed by atoms with Gasteiger partial charge < -0.3 is 18.4 Å². The number of aromatic amines is 1. The van der Waals surface area contributed by atoms with Crippen molar-refractivity contribution >= 4 is 12.9 Å². The smallest absolute Gasteiger partial charge is 0.330 e. The fourth-order valence-electron chi connectivity index (χ4n) is 2.95. The minimum atomic E-state index is -0.810. The number of nitrogens with zero attached hydrogens (tertiary/aromatic N) is 1. The molecular formula is C12H16N2O6S. The fraction of sp³-hybridized carbons (Fsp3) is 0.667. The summed E-state index contributed by atoms with van der Waals surface area (Å²) in [7, 11) is 1.55. The number of H-pyrrole nitrogens is 1. The first kappa shape index (κ1) is 14.8. The number of nitrogens with one attached hydrogen (secondary N) is 1. The predicted octanol–water partition coefficient (Wildman–Crippen LogP) is -0.612. The molecule has 2 aliphatic heterocycles. The molecule has 3 unspecified atom stereocenters. The largest absolute Gasteiger partial charge is 0.375 e. The molecule has 1 aromatic rings. The number of aromatic nitrogens is 2. The maximum absolute atomic E-state index is 12.0. The highest BCUT2D eigenvalue weighted by Crippen LogP contribution is 2.46. The lowest BCUT2D eigenvalue weighted by atomic mass is 10.0. The quantitative estimate of drug-likeness (QED) is 0.569. The second-order valence-electron chi connectivity index (χ2n) is 5.26. The second-order valence-corrected chi connectivity index (χ2v) is 5.52. The summed E-state index contributed by atoms with van der Waals surface area (Å²) >= 11 is 3.76. The third-order valence-electron chi connectivity index (χ3n) is 3.96. The molecule has 9 heteroatoms. The summed E-state index contributed by atoms with van der Waals surface area (Å²) in [6.07, 6.45) is -0.0665. The van der Waals surface area contributed by atoms with Gasteiger partial charge in [-0.1, -0.05) is 0 Å². The Labute approximate surface area is 125 Å². The summed E-state index contributed by atoms with van der Waals surface area (Å²) < 4.78 is 23.3. The van der Waals surface area contributed by atoms with Gasteiger partial charge in [-0.3, -0.25) is 14.3 Å². The number of fused-ring (bicyclic) bond motifs is 2. The minimum absolute atomic E-state index is 0.165. The predicted molar refractivity (Wildman–Crippen MR) is 74.4 cm³/mol. The van der Waals surface area contributed by atoms with E-state index in [2.05, 4.69) is 17.9 Å². The van der Waals surface area contributed by atoms with Gasteiger partial charge in [0, 0.05) is 18.9 Å². The van der Waals surface area contributed by atoms with Gasteiger partial charge in [0.25, 0.3) is 5.56 Å². The summed E-state index contributed by atoms with van der Waals surface area (Å²) in [6.45, 7) is 2.08. The maximum atomic E-state index is 12.0. The van der Waals surface area contributed by atoms with Crippen LogP contribution in [-0.4, -0.2) is 47.7 Å². The number of methoxy groups -OCH3 is 1. The number of hydrogen-bond donors (Lipinski definition) is 2. The van der Waals surface area contributed by atoms with Crippen molar-refractivity contribution in [1.82, 2.24) is 9.55 Å². The maximum Gasteiger partial charge on any atom is 0.330 e. The lowest BCUT2D eigenvalue weighted by molar-refractivity contribution is -0.184. The van der Waals surface area contributed by atoms with Crippen LogP contribution in [0.25, 0.3) is 0 Å². The van der Waals surface area contributed by atoms with Crippen molar-refractivity contribution in [3.05, 3.63) is 32.6 Å². The molecule has 0 saturated carbocycles. The van der Waals surface area contributed by atoms with Crippen LogP contribution in [0.4, 0.5) is 0 Å². The van der Waals surface area contributed by atoms with Crippen LogP contribution < -0.4 is 11.2 Å². The normalized spacial score (nSPS) is 34.5. The SMILES string of the molecule is COC1[C@H]2OCC1(COS)OC2n1cc(C)c(=O)[nH]c1=O. The summed E-state index contributed by atoms with van der Waals surface area (Å²) in [5.41, 5.74) is -1.37. The monoisotopic (exact) mass is 316 g/mol. The standard InChI is InChI=1S/C12H16N2O6S/c1-6-3-14(11(16)13-9(6)15)10-7-8(17-2)12(20-10,4-18-7)5-19-21/h3,7-8,10,21H,4-5H2,1-2H3,(H,13,15,16)/t7-,8?,10?,12?/m1/s1. The molecule has 2 bridgehead atoms. The Morgan fingerprint density at radius 1 is 1.57 bits per heavy atom. The molecule has 0 amide bonds. The first-order valence-corrected chi connectivity index (χ1v) is 6.79. The van der Waals surface area contributed by atoms with Crippen molar-refractivity contribution in [2.45, 2.75) is 31.0 Å². The van der Waals surface area contributed by atoms with E-state index >= 15 is 0 Å². The topological polar surface area (TPSA) is 91.8 Å². The molecule has 0 aliphatic carbocycles. The van der Waals surface area contributed by atoms with Gasteiger partial charge in [0.2, 0.25) is 0 Å². The van der Waals surface area contributed by atoms with Crippen molar-refractivity contribution in [3.63, 3.8) is 0 Å². The Morgan fingerprint density at radius 3 is 3.00 bits per heavy atom. The molecule has 0 aromatic carbocycles. The fourth-order valence-corrected chi connectivity index (χ4v) is 3.17. The second kappa shape index (κ2) is 5.25. The number of ether oxygens (including phenoxy) is 3. The van der Waals surface area contributed by atoms with E-state index in [1.807, 2.05) is 0 Å². The number of thiol groups is 1. The van der Waals surface area contributed by atoms with Gasteiger partial charge in [0.1, 0.15) is 17.8 Å². The molecule has 3 heterocycles. The number of rotatable bonds is 4. The van der Waals surface area contributed by atoms with Crippen LogP contribution >= 0.6 is 12.9 Å². The van der Waals surface area contributed by atoms with E-state index in [0.29, 0.717) is 12.2 Å². The van der Waals surface area contributed by atoms with E-state index in [4.69, 9.17) is 18.4 Å². The third kappa shape index (κ3) is 2.16. The summed E-state index contributed by atoms with van der Waals surface area (Å²) in [6, 6.07) is 0. The van der Waals surface area contributed by atoms with Gasteiger partial charge in [-0.25, -0.2) is 4.79 Å². The van der Waals surface area contributed by atoms with Gasteiger partial charge in [0.15, 0.2) is 6.23 Å². The molecule has 1 N–H and O–H groups in total. The van der Waals surface area contributed by atoms with Gasteiger partial charge >= 0.3 is 5.69 Å². The Balaban J connectivity index is 2.01. The molecule has 0 spiro atoms. The zero-order valence-electron chi connectivity index (χ0n) is 11.6. The van der Waals surface area contributed by atoms with Crippen molar-refractivity contribution in [2.24, 2.45) is 0 Å². The highest BCUT2D eigenvalue weighted by atomic mass is 32.1. The van der Waals surface area contributed by atoms with Gasteiger partial charge in [0.05, 0.1) is 13.2 Å². The van der Waals surface area contributed by atoms with Crippen LogP contribution in [0.1, 0.15) is 11.8 Å². The molecule has 0 radical (unpaired) electrons. The van der Waals surface area contributed by atoms with Crippen LogP contribution in [0.15, 0.2) is 15.8 Å². The third-order valence-corrected chi connectivity index (χ3v) is 4.09. The van der Waals surface area contributed by atoms with Crippen molar-refractivity contribution < 1.29 is 18.4 Å². The Morgan fingerprint density at radius 2 is 2.33 bits per heavy atom. The average molecular weight is 316 g/mol. The molecule has 8 nitrogen and oxygen atoms in total. The molecular weight excluding hydrogens is 300 g/mol. The Kier molecular flexibility index (Phi) is 3.70. The number of hydrogen-bond acceptors (Lipinski definition) is 7. The van der Waals surface area contributed by atoms with Crippen molar-refractivity contribution in [1.29, 1.82) is 0 Å². The van der Waals surface area contributed by atoms with Crippen LogP contribution in [0.2, 0.25) is 0 Å². The minimum Gasteiger partial charge on any atom is -0.375 e. The number of aryl methyl sites for hydroxylation is 1. The first-order chi connectivity index (χ1) is 10.0. The van der Waals surface area contributed by atoms with Crippen LogP contribution in [-0.2, 0) is 18.4 Å². The molecule has 4 atom stereocenters. The molecule has 2 fully saturated rings. The summed E-state index contributed by atoms with van der Waals surface area (Å²) in [5, 5.41) is 0. The first-order valence-electron chi connectivity index (χ1n) is 6.43. The molecule has 21 heavy (non-hydrogen) atoms. The highest BCUT2D eigenvalue weighted by molar-refractivity contribution is 7.75. The highest BCUT2D eigenvalue weighted by Gasteiger charge is 2.63. The lowest BCUT2D eigenvalue weighted by Crippen LogP contribution is -2.45. The van der Waals surface area contributed by atoms with Gasteiger partial charge in [-0.15, -0.1) is 0 Å². The van der Waals surface area contributed by atoms with Crippen LogP contribution in [0.5, 0.6) is 0 Å². The molecule has 1 aromatic heterocycles. The van der Waals surface area contributed by atoms with E-state index in [1.165, 1.54) is 10.8 Å². The lowest BCUT2D eigenvalue weighted by Gasteiger charge is -2.30. The summed E-state index contributed by atoms with van der Waals surface area (Å²) in [4.78, 5) is 25.7. The van der Waals surface area contributed by atoms with E-state index in [9.17, 15) is 9.59 Å². The molecule has 3 rings (SSSR count). The van der Waals surface area contributed by atoms with E-state index in [-0.39, 0.29) is 12.7 Å². The summed E-state index contributed by atoms with van der Waals surface area (Å²) in [5.74, 6) is 0. The van der Waals surface area contributed by atoms with E-state index in [1.54, 1.807) is 14.0 Å². The Hall–Kier alpha value is -1.13. The van der Waals surface area contributed by atoms with Gasteiger partial charge in [-0.2, -0.15) is 0 Å². The van der Waals surface area contributed by atoms with Crippen molar-refractivity contribution in [3.8, 4) is 0 Å². The van der Waals surface area contributed by atoms with Crippen LogP contribution in [0, 0.1) is 6.92 Å².